The molecule has 8 heteroatoms. The minimum atomic E-state index is -4.40. The Kier molecular flexibility index (Phi) is 3.52. The molecule has 0 saturated heterocycles. The summed E-state index contributed by atoms with van der Waals surface area (Å²) in [5.74, 6) is 0.731. The molecule has 1 atom stereocenters. The van der Waals surface area contributed by atoms with Gasteiger partial charge < -0.3 is 14.6 Å². The molecule has 2 aliphatic rings. The van der Waals surface area contributed by atoms with Gasteiger partial charge in [-0.3, -0.25) is 4.79 Å². The Morgan fingerprint density at radius 1 is 1.38 bits per heavy atom. The first-order chi connectivity index (χ1) is 11.4. The summed E-state index contributed by atoms with van der Waals surface area (Å²) < 4.78 is 45.9. The number of nitrogens with zero attached hydrogens (tertiary/aromatic N) is 2. The fourth-order valence-electron chi connectivity index (χ4n) is 3.05. The van der Waals surface area contributed by atoms with Gasteiger partial charge in [0.05, 0.1) is 29.2 Å². The average Bonchev–Trinajstić information content (AvgIpc) is 3.31. The maximum atomic E-state index is 12.9. The van der Waals surface area contributed by atoms with E-state index in [0.717, 1.165) is 25.0 Å². The van der Waals surface area contributed by atoms with Crippen molar-refractivity contribution >= 4 is 16.9 Å². The Bertz CT molecular complexity index is 796. The molecular formula is C16H16F3N3O2. The number of hydrogen-bond acceptors (Lipinski definition) is 3. The third-order valence-corrected chi connectivity index (χ3v) is 4.46. The van der Waals surface area contributed by atoms with Crippen LogP contribution in [0.1, 0.15) is 30.3 Å². The number of carbonyl (C=O) groups excluding carboxylic acids is 1. The number of amides is 1. The molecule has 1 saturated carbocycles. The van der Waals surface area contributed by atoms with E-state index in [1.807, 2.05) is 4.57 Å². The van der Waals surface area contributed by atoms with Gasteiger partial charge in [-0.05, 0) is 31.0 Å². The molecule has 0 bridgehead atoms. The lowest BCUT2D eigenvalue weighted by Crippen LogP contribution is -2.36. The molecule has 0 radical (unpaired) electrons. The molecule has 1 aliphatic carbocycles. The van der Waals surface area contributed by atoms with Crippen molar-refractivity contribution in [3.8, 4) is 0 Å². The highest BCUT2D eigenvalue weighted by molar-refractivity contribution is 5.81. The van der Waals surface area contributed by atoms with Crippen molar-refractivity contribution in [3.05, 3.63) is 29.6 Å². The molecule has 2 heterocycles. The lowest BCUT2D eigenvalue weighted by Gasteiger charge is -2.26. The quantitative estimate of drug-likeness (QED) is 0.935. The number of aromatic nitrogens is 2. The van der Waals surface area contributed by atoms with Crippen LogP contribution in [-0.4, -0.2) is 28.6 Å². The standard InChI is InChI=1S/C16H16F3N3O2/c17-16(18,19)10-3-4-13-12(5-10)21-14-8-24-7-11(22(13)14)6-20-15(23)9-1-2-9/h3-5,9,11H,1-2,6-8H2,(H,20,23). The first-order valence-electron chi connectivity index (χ1n) is 7.87. The zero-order chi connectivity index (χ0) is 16.9. The molecule has 1 aromatic heterocycles. The Morgan fingerprint density at radius 3 is 2.88 bits per heavy atom. The molecule has 2 aromatic rings. The summed E-state index contributed by atoms with van der Waals surface area (Å²) in [6.45, 7) is 1.03. The monoisotopic (exact) mass is 339 g/mol. The first-order valence-corrected chi connectivity index (χ1v) is 7.87. The second-order valence-electron chi connectivity index (χ2n) is 6.29. The van der Waals surface area contributed by atoms with Gasteiger partial charge in [0.1, 0.15) is 12.4 Å². The smallest absolute Gasteiger partial charge is 0.371 e. The number of alkyl halides is 3. The van der Waals surface area contributed by atoms with Gasteiger partial charge in [0.25, 0.3) is 0 Å². The van der Waals surface area contributed by atoms with E-state index in [0.29, 0.717) is 30.0 Å². The Labute approximate surface area is 135 Å². The average molecular weight is 339 g/mol. The number of carbonyl (C=O) groups is 1. The summed E-state index contributed by atoms with van der Waals surface area (Å²) in [5, 5.41) is 2.90. The Hall–Kier alpha value is -2.09. The number of imidazole rings is 1. The Balaban J connectivity index is 1.64. The molecular weight excluding hydrogens is 323 g/mol. The van der Waals surface area contributed by atoms with Crippen molar-refractivity contribution in [2.45, 2.75) is 31.7 Å². The molecule has 1 aliphatic heterocycles. The fraction of sp³-hybridized carbons (Fsp3) is 0.500. The maximum absolute atomic E-state index is 12.9. The van der Waals surface area contributed by atoms with Gasteiger partial charge in [-0.2, -0.15) is 13.2 Å². The molecule has 1 aromatic carbocycles. The van der Waals surface area contributed by atoms with Crippen molar-refractivity contribution in [1.82, 2.24) is 14.9 Å². The van der Waals surface area contributed by atoms with Crippen LogP contribution in [0.25, 0.3) is 11.0 Å². The first kappa shape index (κ1) is 15.4. The van der Waals surface area contributed by atoms with E-state index in [-0.39, 0.29) is 24.5 Å². The molecule has 128 valence electrons. The molecule has 24 heavy (non-hydrogen) atoms. The van der Waals surface area contributed by atoms with Crippen molar-refractivity contribution in [2.75, 3.05) is 13.2 Å². The van der Waals surface area contributed by atoms with Gasteiger partial charge >= 0.3 is 6.18 Å². The zero-order valence-corrected chi connectivity index (χ0v) is 12.8. The van der Waals surface area contributed by atoms with E-state index in [2.05, 4.69) is 10.3 Å². The number of halogens is 3. The largest absolute Gasteiger partial charge is 0.416 e. The van der Waals surface area contributed by atoms with Crippen molar-refractivity contribution in [1.29, 1.82) is 0 Å². The third kappa shape index (κ3) is 2.75. The summed E-state index contributed by atoms with van der Waals surface area (Å²) in [4.78, 5) is 16.1. The maximum Gasteiger partial charge on any atom is 0.416 e. The van der Waals surface area contributed by atoms with Gasteiger partial charge in [-0.15, -0.1) is 0 Å². The third-order valence-electron chi connectivity index (χ3n) is 4.46. The predicted octanol–water partition coefficient (Wildman–Crippen LogP) is 2.65. The van der Waals surface area contributed by atoms with Gasteiger partial charge in [0.2, 0.25) is 5.91 Å². The summed E-state index contributed by atoms with van der Waals surface area (Å²) in [5.41, 5.74) is 0.209. The summed E-state index contributed by atoms with van der Waals surface area (Å²) >= 11 is 0. The Morgan fingerprint density at radius 2 is 2.17 bits per heavy atom. The lowest BCUT2D eigenvalue weighted by atomic mass is 10.2. The van der Waals surface area contributed by atoms with E-state index in [9.17, 15) is 18.0 Å². The lowest BCUT2D eigenvalue weighted by molar-refractivity contribution is -0.137. The summed E-state index contributed by atoms with van der Waals surface area (Å²) in [7, 11) is 0. The number of benzene rings is 1. The minimum absolute atomic E-state index is 0.0332. The van der Waals surface area contributed by atoms with Crippen LogP contribution in [0.3, 0.4) is 0 Å². The van der Waals surface area contributed by atoms with Crippen molar-refractivity contribution in [2.24, 2.45) is 5.92 Å². The van der Waals surface area contributed by atoms with Crippen molar-refractivity contribution < 1.29 is 22.7 Å². The zero-order valence-electron chi connectivity index (χ0n) is 12.8. The van der Waals surface area contributed by atoms with E-state index in [1.54, 1.807) is 0 Å². The number of hydrogen-bond donors (Lipinski definition) is 1. The van der Waals surface area contributed by atoms with E-state index in [1.165, 1.54) is 6.07 Å². The van der Waals surface area contributed by atoms with Crippen LogP contribution in [0, 0.1) is 5.92 Å². The highest BCUT2D eigenvalue weighted by Crippen LogP contribution is 2.33. The van der Waals surface area contributed by atoms with Crippen LogP contribution >= 0.6 is 0 Å². The number of ether oxygens (including phenoxy) is 1. The van der Waals surface area contributed by atoms with Gasteiger partial charge in [-0.1, -0.05) is 0 Å². The van der Waals surface area contributed by atoms with Crippen LogP contribution in [0.4, 0.5) is 13.2 Å². The SMILES string of the molecule is O=C(NCC1COCc2nc3cc(C(F)(F)F)ccc3n21)C1CC1. The summed E-state index contributed by atoms with van der Waals surface area (Å²) in [6.07, 6.45) is -2.55. The molecule has 0 spiro atoms. The highest BCUT2D eigenvalue weighted by Gasteiger charge is 2.33. The van der Waals surface area contributed by atoms with Crippen LogP contribution in [0.15, 0.2) is 18.2 Å². The summed E-state index contributed by atoms with van der Waals surface area (Å²) in [6, 6.07) is 3.39. The highest BCUT2D eigenvalue weighted by atomic mass is 19.4. The van der Waals surface area contributed by atoms with Crippen LogP contribution < -0.4 is 5.32 Å². The molecule has 1 unspecified atom stereocenters. The normalized spacial score (nSPS) is 20.9. The second-order valence-corrected chi connectivity index (χ2v) is 6.29. The van der Waals surface area contributed by atoms with Crippen molar-refractivity contribution in [3.63, 3.8) is 0 Å². The topological polar surface area (TPSA) is 56.1 Å². The number of fused-ring (bicyclic) bond motifs is 3. The van der Waals surface area contributed by atoms with Gasteiger partial charge in [-0.25, -0.2) is 4.98 Å². The van der Waals surface area contributed by atoms with E-state index >= 15 is 0 Å². The van der Waals surface area contributed by atoms with Crippen LogP contribution in [-0.2, 0) is 22.3 Å². The molecule has 1 fully saturated rings. The minimum Gasteiger partial charge on any atom is -0.371 e. The number of rotatable bonds is 3. The molecule has 1 N–H and O–H groups in total. The fourth-order valence-corrected chi connectivity index (χ4v) is 3.05. The predicted molar refractivity (Wildman–Crippen MR) is 79.2 cm³/mol. The van der Waals surface area contributed by atoms with E-state index in [4.69, 9.17) is 4.74 Å². The molecule has 1 amide bonds. The van der Waals surface area contributed by atoms with Gasteiger partial charge in [0, 0.05) is 12.5 Å². The molecule has 5 nitrogen and oxygen atoms in total. The van der Waals surface area contributed by atoms with Crippen LogP contribution in [0.5, 0.6) is 0 Å². The molecule has 4 rings (SSSR count). The number of nitrogens with one attached hydrogen (secondary N) is 1. The second kappa shape index (κ2) is 5.47. The van der Waals surface area contributed by atoms with E-state index < -0.39 is 11.7 Å². The van der Waals surface area contributed by atoms with Gasteiger partial charge in [0.15, 0.2) is 0 Å². The van der Waals surface area contributed by atoms with Crippen LogP contribution in [0.2, 0.25) is 0 Å².